The zero-order valence-corrected chi connectivity index (χ0v) is 15.8. The Morgan fingerprint density at radius 2 is 2.16 bits per heavy atom. The number of hydrogen-bond acceptors (Lipinski definition) is 4. The molecule has 0 saturated carbocycles. The third-order valence-corrected chi connectivity index (χ3v) is 4.98. The number of hydrogen-bond donors (Lipinski definition) is 0. The van der Waals surface area contributed by atoms with Gasteiger partial charge in [-0.3, -0.25) is 0 Å². The summed E-state index contributed by atoms with van der Waals surface area (Å²) in [6, 6.07) is 12.7. The molecule has 1 aromatic carbocycles. The summed E-state index contributed by atoms with van der Waals surface area (Å²) in [7, 11) is 0. The summed E-state index contributed by atoms with van der Waals surface area (Å²) >= 11 is 1.73. The van der Waals surface area contributed by atoms with Crippen LogP contribution in [0.15, 0.2) is 41.8 Å². The molecule has 0 spiro atoms. The average molecular weight is 359 g/mol. The van der Waals surface area contributed by atoms with Crippen LogP contribution in [-0.4, -0.2) is 42.4 Å². The van der Waals surface area contributed by atoms with Gasteiger partial charge in [-0.1, -0.05) is 30.3 Å². The summed E-state index contributed by atoms with van der Waals surface area (Å²) in [4.78, 5) is 15.6. The number of ether oxygens (including phenoxy) is 2. The molecule has 1 atom stereocenters. The van der Waals surface area contributed by atoms with Gasteiger partial charge in [-0.15, -0.1) is 11.3 Å². The van der Waals surface area contributed by atoms with E-state index < -0.39 is 5.60 Å². The summed E-state index contributed by atoms with van der Waals surface area (Å²) in [6.45, 7) is 7.36. The van der Waals surface area contributed by atoms with Crippen LogP contribution < -0.4 is 0 Å². The van der Waals surface area contributed by atoms with Crippen LogP contribution in [0.5, 0.6) is 0 Å². The van der Waals surface area contributed by atoms with Crippen molar-refractivity contribution < 1.29 is 14.3 Å². The molecule has 1 aliphatic heterocycles. The molecule has 0 aliphatic carbocycles. The molecule has 1 fully saturated rings. The van der Waals surface area contributed by atoms with E-state index in [2.05, 4.69) is 41.8 Å². The molecular formula is C20H25NO3S. The van der Waals surface area contributed by atoms with Crippen molar-refractivity contribution in [2.75, 3.05) is 19.8 Å². The Morgan fingerprint density at radius 3 is 2.88 bits per heavy atom. The predicted octanol–water partition coefficient (Wildman–Crippen LogP) is 4.59. The van der Waals surface area contributed by atoms with Crippen LogP contribution in [0.3, 0.4) is 0 Å². The molecule has 1 amide bonds. The molecule has 4 nitrogen and oxygen atoms in total. The van der Waals surface area contributed by atoms with Gasteiger partial charge in [0.25, 0.3) is 0 Å². The van der Waals surface area contributed by atoms with E-state index in [9.17, 15) is 4.79 Å². The zero-order valence-electron chi connectivity index (χ0n) is 15.0. The van der Waals surface area contributed by atoms with Gasteiger partial charge in [0, 0.05) is 11.4 Å². The molecule has 1 aromatic heterocycles. The summed E-state index contributed by atoms with van der Waals surface area (Å²) in [5, 5.41) is 2.08. The smallest absolute Gasteiger partial charge is 0.410 e. The molecule has 0 N–H and O–H groups in total. The quantitative estimate of drug-likeness (QED) is 0.804. The van der Waals surface area contributed by atoms with E-state index in [1.165, 1.54) is 16.0 Å². The summed E-state index contributed by atoms with van der Waals surface area (Å²) in [5.74, 6) is 0. The summed E-state index contributed by atoms with van der Waals surface area (Å²) < 4.78 is 11.2. The molecule has 2 heterocycles. The number of benzene rings is 1. The van der Waals surface area contributed by atoms with Crippen molar-refractivity contribution in [3.63, 3.8) is 0 Å². The van der Waals surface area contributed by atoms with Gasteiger partial charge in [0.1, 0.15) is 5.60 Å². The van der Waals surface area contributed by atoms with E-state index in [0.717, 1.165) is 6.42 Å². The molecule has 2 aromatic rings. The van der Waals surface area contributed by atoms with E-state index in [1.807, 2.05) is 25.7 Å². The van der Waals surface area contributed by atoms with Gasteiger partial charge in [0.05, 0.1) is 19.3 Å². The first kappa shape index (κ1) is 18.0. The number of nitrogens with zero attached hydrogens (tertiary/aromatic N) is 1. The maximum Gasteiger partial charge on any atom is 0.410 e. The highest BCUT2D eigenvalue weighted by Gasteiger charge is 2.31. The van der Waals surface area contributed by atoms with Crippen LogP contribution >= 0.6 is 11.3 Å². The lowest BCUT2D eigenvalue weighted by Gasteiger charge is -2.36. The fourth-order valence-electron chi connectivity index (χ4n) is 2.95. The molecule has 0 radical (unpaired) electrons. The highest BCUT2D eigenvalue weighted by Crippen LogP contribution is 2.26. The van der Waals surface area contributed by atoms with Gasteiger partial charge in [-0.2, -0.15) is 0 Å². The lowest BCUT2D eigenvalue weighted by molar-refractivity contribution is -0.0319. The first-order chi connectivity index (χ1) is 11.9. The van der Waals surface area contributed by atoms with E-state index in [4.69, 9.17) is 9.47 Å². The highest BCUT2D eigenvalue weighted by molar-refractivity contribution is 7.13. The minimum atomic E-state index is -0.487. The minimum Gasteiger partial charge on any atom is -0.444 e. The molecule has 1 aliphatic rings. The van der Waals surface area contributed by atoms with Crippen molar-refractivity contribution in [2.24, 2.45) is 0 Å². The number of thiophene rings is 1. The molecule has 3 rings (SSSR count). The third kappa shape index (κ3) is 4.83. The van der Waals surface area contributed by atoms with E-state index in [0.29, 0.717) is 19.8 Å². The van der Waals surface area contributed by atoms with E-state index in [1.54, 1.807) is 11.3 Å². The van der Waals surface area contributed by atoms with E-state index >= 15 is 0 Å². The Bertz CT molecular complexity index is 706. The van der Waals surface area contributed by atoms with Crippen LogP contribution in [0.4, 0.5) is 4.79 Å². The number of rotatable bonds is 3. The van der Waals surface area contributed by atoms with Gasteiger partial charge < -0.3 is 14.4 Å². The van der Waals surface area contributed by atoms with Crippen LogP contribution in [0.25, 0.3) is 10.4 Å². The lowest BCUT2D eigenvalue weighted by atomic mass is 10.0. The fraction of sp³-hybridized carbons (Fsp3) is 0.450. The molecule has 5 heteroatoms. The molecule has 1 unspecified atom stereocenters. The zero-order chi connectivity index (χ0) is 17.9. The van der Waals surface area contributed by atoms with Crippen molar-refractivity contribution in [3.05, 3.63) is 47.3 Å². The Hall–Kier alpha value is -1.85. The van der Waals surface area contributed by atoms with Crippen molar-refractivity contribution in [1.29, 1.82) is 0 Å². The molecule has 134 valence electrons. The van der Waals surface area contributed by atoms with Crippen LogP contribution in [0.1, 0.15) is 26.3 Å². The minimum absolute atomic E-state index is 0.00202. The molecular weight excluding hydrogens is 334 g/mol. The monoisotopic (exact) mass is 359 g/mol. The van der Waals surface area contributed by atoms with Gasteiger partial charge >= 0.3 is 6.09 Å². The second kappa shape index (κ2) is 7.58. The van der Waals surface area contributed by atoms with Crippen molar-refractivity contribution >= 4 is 17.4 Å². The van der Waals surface area contributed by atoms with Crippen molar-refractivity contribution in [2.45, 2.75) is 38.8 Å². The van der Waals surface area contributed by atoms with Gasteiger partial charge in [-0.05, 0) is 49.8 Å². The van der Waals surface area contributed by atoms with Crippen molar-refractivity contribution in [3.8, 4) is 10.4 Å². The predicted molar refractivity (Wildman–Crippen MR) is 101 cm³/mol. The van der Waals surface area contributed by atoms with E-state index in [-0.39, 0.29) is 12.1 Å². The number of amides is 1. The normalized spacial score (nSPS) is 18.2. The summed E-state index contributed by atoms with van der Waals surface area (Å²) in [6.07, 6.45) is 0.508. The van der Waals surface area contributed by atoms with Crippen molar-refractivity contribution in [1.82, 2.24) is 4.90 Å². The third-order valence-electron chi connectivity index (χ3n) is 4.06. The lowest BCUT2D eigenvalue weighted by Crippen LogP contribution is -2.51. The van der Waals surface area contributed by atoms with Gasteiger partial charge in [0.2, 0.25) is 0 Å². The number of morpholine rings is 1. The first-order valence-electron chi connectivity index (χ1n) is 8.62. The SMILES string of the molecule is CC(C)(C)OC(=O)N1CCOCC1Cc1cccc(-c2cccs2)c1. The number of carbonyl (C=O) groups excluding carboxylic acids is 1. The maximum absolute atomic E-state index is 12.5. The molecule has 1 saturated heterocycles. The Kier molecular flexibility index (Phi) is 5.45. The van der Waals surface area contributed by atoms with Crippen LogP contribution in [0.2, 0.25) is 0 Å². The van der Waals surface area contributed by atoms with Crippen LogP contribution in [-0.2, 0) is 15.9 Å². The standard InChI is InChI=1S/C20H25NO3S/c1-20(2,3)24-19(22)21-9-10-23-14-17(21)13-15-6-4-7-16(12-15)18-8-5-11-25-18/h4-8,11-12,17H,9-10,13-14H2,1-3H3. The molecule has 25 heavy (non-hydrogen) atoms. The highest BCUT2D eigenvalue weighted by atomic mass is 32.1. The topological polar surface area (TPSA) is 38.8 Å². The first-order valence-corrected chi connectivity index (χ1v) is 9.50. The number of carbonyl (C=O) groups is 1. The fourth-order valence-corrected chi connectivity index (χ4v) is 3.68. The molecule has 0 bridgehead atoms. The van der Waals surface area contributed by atoms with Gasteiger partial charge in [0.15, 0.2) is 0 Å². The maximum atomic E-state index is 12.5. The Morgan fingerprint density at radius 1 is 1.32 bits per heavy atom. The summed E-state index contributed by atoms with van der Waals surface area (Å²) in [5.41, 5.74) is 1.93. The largest absolute Gasteiger partial charge is 0.444 e. The second-order valence-corrected chi connectivity index (χ2v) is 8.23. The Labute approximate surface area is 153 Å². The van der Waals surface area contributed by atoms with Gasteiger partial charge in [-0.25, -0.2) is 4.79 Å². The second-order valence-electron chi connectivity index (χ2n) is 7.28. The Balaban J connectivity index is 1.73. The van der Waals surface area contributed by atoms with Crippen LogP contribution in [0, 0.1) is 0 Å². The average Bonchev–Trinajstić information content (AvgIpc) is 3.08.